The number of methoxy groups -OCH3 is 1. The second-order valence-electron chi connectivity index (χ2n) is 4.71. The quantitative estimate of drug-likeness (QED) is 0.580. The Morgan fingerprint density at radius 3 is 2.86 bits per heavy atom. The molecule has 3 heterocycles. The minimum Gasteiger partial charge on any atom is -0.496 e. The van der Waals surface area contributed by atoms with Crippen LogP contribution < -0.4 is 4.74 Å². The van der Waals surface area contributed by atoms with Gasteiger partial charge in [-0.15, -0.1) is 21.5 Å². The Labute approximate surface area is 130 Å². The largest absolute Gasteiger partial charge is 0.496 e. The number of rotatable bonds is 3. The molecule has 3 aromatic heterocycles. The molecule has 0 fully saturated rings. The minimum atomic E-state index is 0.428. The Bertz CT molecular complexity index is 953. The summed E-state index contributed by atoms with van der Waals surface area (Å²) in [6, 6.07) is 7.55. The van der Waals surface area contributed by atoms with Crippen molar-refractivity contribution in [3.8, 4) is 28.8 Å². The molecule has 0 radical (unpaired) electrons. The molecule has 0 bridgehead atoms. The maximum atomic E-state index is 5.86. The number of hydrogen-bond acceptors (Lipinski definition) is 6. The van der Waals surface area contributed by atoms with Crippen molar-refractivity contribution < 1.29 is 9.15 Å². The predicted molar refractivity (Wildman–Crippen MR) is 83.1 cm³/mol. The second kappa shape index (κ2) is 4.96. The topological polar surface area (TPSA) is 65.5 Å². The fourth-order valence-corrected chi connectivity index (χ4v) is 3.16. The summed E-state index contributed by atoms with van der Waals surface area (Å²) in [5.74, 6) is 1.57. The summed E-state index contributed by atoms with van der Waals surface area (Å²) in [4.78, 5) is 5.40. The monoisotopic (exact) mass is 312 g/mol. The lowest BCUT2D eigenvalue weighted by atomic mass is 10.2. The highest BCUT2D eigenvalue weighted by Gasteiger charge is 2.19. The molecule has 0 N–H and O–H groups in total. The normalized spacial score (nSPS) is 11.2. The number of thiazole rings is 1. The van der Waals surface area contributed by atoms with E-state index in [1.807, 2.05) is 47.2 Å². The van der Waals surface area contributed by atoms with Gasteiger partial charge in [-0.1, -0.05) is 12.1 Å². The first-order valence-corrected chi connectivity index (χ1v) is 7.55. The van der Waals surface area contributed by atoms with Gasteiger partial charge in [0.2, 0.25) is 0 Å². The number of fused-ring (bicyclic) bond motifs is 1. The SMILES string of the molecule is COc1ccccc1-c1nnc(-c2c(C)nc3sccn23)o1. The molecule has 7 heteroatoms. The lowest BCUT2D eigenvalue weighted by molar-refractivity contribution is 0.414. The first-order chi connectivity index (χ1) is 10.8. The van der Waals surface area contributed by atoms with Gasteiger partial charge in [0.1, 0.15) is 11.4 Å². The molecule has 22 heavy (non-hydrogen) atoms. The number of hydrogen-bond donors (Lipinski definition) is 0. The van der Waals surface area contributed by atoms with E-state index in [9.17, 15) is 0 Å². The van der Waals surface area contributed by atoms with Crippen LogP contribution in [0.3, 0.4) is 0 Å². The molecule has 1 aromatic carbocycles. The van der Waals surface area contributed by atoms with Crippen molar-refractivity contribution in [2.45, 2.75) is 6.92 Å². The molecule has 0 amide bonds. The van der Waals surface area contributed by atoms with Crippen LogP contribution in [-0.2, 0) is 0 Å². The number of nitrogens with zero attached hydrogens (tertiary/aromatic N) is 4. The molecule has 0 unspecified atom stereocenters. The molecule has 0 spiro atoms. The van der Waals surface area contributed by atoms with E-state index in [1.165, 1.54) is 0 Å². The van der Waals surface area contributed by atoms with E-state index in [0.29, 0.717) is 17.5 Å². The van der Waals surface area contributed by atoms with Gasteiger partial charge in [0.15, 0.2) is 4.96 Å². The summed E-state index contributed by atoms with van der Waals surface area (Å²) >= 11 is 1.57. The Kier molecular flexibility index (Phi) is 2.93. The first-order valence-electron chi connectivity index (χ1n) is 6.67. The van der Waals surface area contributed by atoms with E-state index >= 15 is 0 Å². The number of aryl methyl sites for hydroxylation is 1. The molecule has 0 aliphatic heterocycles. The van der Waals surface area contributed by atoms with E-state index in [-0.39, 0.29) is 0 Å². The van der Waals surface area contributed by atoms with Crippen molar-refractivity contribution in [2.75, 3.05) is 7.11 Å². The average molecular weight is 312 g/mol. The Hall–Kier alpha value is -2.67. The molecule has 6 nitrogen and oxygen atoms in total. The summed E-state index contributed by atoms with van der Waals surface area (Å²) in [5.41, 5.74) is 2.46. The van der Waals surface area contributed by atoms with Gasteiger partial charge in [-0.05, 0) is 19.1 Å². The third kappa shape index (κ3) is 1.90. The average Bonchev–Trinajstić information content (AvgIpc) is 3.22. The van der Waals surface area contributed by atoms with E-state index in [4.69, 9.17) is 9.15 Å². The molecule has 0 aliphatic rings. The van der Waals surface area contributed by atoms with Crippen molar-refractivity contribution in [3.05, 3.63) is 41.5 Å². The molecule has 110 valence electrons. The van der Waals surface area contributed by atoms with Crippen LogP contribution in [0.25, 0.3) is 28.0 Å². The zero-order chi connectivity index (χ0) is 15.1. The Morgan fingerprint density at radius 2 is 2.00 bits per heavy atom. The van der Waals surface area contributed by atoms with Crippen LogP contribution in [0.4, 0.5) is 0 Å². The van der Waals surface area contributed by atoms with Gasteiger partial charge in [0.25, 0.3) is 11.8 Å². The molecular formula is C15H12N4O2S. The van der Waals surface area contributed by atoms with Gasteiger partial charge in [-0.25, -0.2) is 4.98 Å². The predicted octanol–water partition coefficient (Wildman–Crippen LogP) is 3.43. The van der Waals surface area contributed by atoms with Crippen LogP contribution in [0.2, 0.25) is 0 Å². The molecule has 0 saturated heterocycles. The summed E-state index contributed by atoms with van der Waals surface area (Å²) in [6.45, 7) is 1.93. The fraction of sp³-hybridized carbons (Fsp3) is 0.133. The second-order valence-corrected chi connectivity index (χ2v) is 5.59. The van der Waals surface area contributed by atoms with Crippen molar-refractivity contribution in [3.63, 3.8) is 0 Å². The van der Waals surface area contributed by atoms with E-state index in [2.05, 4.69) is 15.2 Å². The zero-order valence-electron chi connectivity index (χ0n) is 12.0. The third-order valence-corrected chi connectivity index (χ3v) is 4.16. The standard InChI is InChI=1S/C15H12N4O2S/c1-9-12(19-7-8-22-15(19)16-9)14-18-17-13(21-14)10-5-3-4-6-11(10)20-2/h3-8H,1-2H3. The molecule has 0 aliphatic carbocycles. The van der Waals surface area contributed by atoms with Gasteiger partial charge < -0.3 is 9.15 Å². The number of imidazole rings is 1. The lowest BCUT2D eigenvalue weighted by Gasteiger charge is -2.03. The van der Waals surface area contributed by atoms with Crippen LogP contribution in [0.15, 0.2) is 40.3 Å². The number of ether oxygens (including phenoxy) is 1. The molecule has 0 saturated carbocycles. The lowest BCUT2D eigenvalue weighted by Crippen LogP contribution is -1.87. The van der Waals surface area contributed by atoms with Crippen molar-refractivity contribution in [1.29, 1.82) is 0 Å². The maximum Gasteiger partial charge on any atom is 0.266 e. The molecular weight excluding hydrogens is 300 g/mol. The van der Waals surface area contributed by atoms with Crippen molar-refractivity contribution >= 4 is 16.3 Å². The van der Waals surface area contributed by atoms with E-state index in [1.54, 1.807) is 18.4 Å². The highest BCUT2D eigenvalue weighted by molar-refractivity contribution is 7.15. The van der Waals surface area contributed by atoms with Gasteiger partial charge in [0.05, 0.1) is 18.4 Å². The van der Waals surface area contributed by atoms with Crippen LogP contribution in [-0.4, -0.2) is 26.7 Å². The highest BCUT2D eigenvalue weighted by Crippen LogP contribution is 2.32. The van der Waals surface area contributed by atoms with E-state index < -0.39 is 0 Å². The zero-order valence-corrected chi connectivity index (χ0v) is 12.8. The van der Waals surface area contributed by atoms with Crippen molar-refractivity contribution in [2.24, 2.45) is 0 Å². The smallest absolute Gasteiger partial charge is 0.266 e. The van der Waals surface area contributed by atoms with Gasteiger partial charge in [0, 0.05) is 11.6 Å². The summed E-state index contributed by atoms with van der Waals surface area (Å²) in [6.07, 6.45) is 1.95. The summed E-state index contributed by atoms with van der Waals surface area (Å²) in [5, 5.41) is 10.3. The van der Waals surface area contributed by atoms with Gasteiger partial charge >= 0.3 is 0 Å². The van der Waals surface area contributed by atoms with Crippen LogP contribution in [0.5, 0.6) is 5.75 Å². The maximum absolute atomic E-state index is 5.86. The molecule has 4 rings (SSSR count). The molecule has 4 aromatic rings. The summed E-state index contributed by atoms with van der Waals surface area (Å²) < 4.78 is 13.2. The number of aromatic nitrogens is 4. The van der Waals surface area contributed by atoms with Crippen LogP contribution in [0, 0.1) is 6.92 Å². The summed E-state index contributed by atoms with van der Waals surface area (Å²) in [7, 11) is 1.62. The minimum absolute atomic E-state index is 0.428. The Morgan fingerprint density at radius 1 is 1.18 bits per heavy atom. The molecule has 0 atom stereocenters. The van der Waals surface area contributed by atoms with Crippen LogP contribution in [0.1, 0.15) is 5.69 Å². The number of benzene rings is 1. The van der Waals surface area contributed by atoms with Gasteiger partial charge in [-0.3, -0.25) is 4.40 Å². The first kappa shape index (κ1) is 13.0. The van der Waals surface area contributed by atoms with Crippen molar-refractivity contribution in [1.82, 2.24) is 19.6 Å². The highest BCUT2D eigenvalue weighted by atomic mass is 32.1. The Balaban J connectivity index is 1.85. The van der Waals surface area contributed by atoms with Crippen LogP contribution >= 0.6 is 11.3 Å². The number of para-hydroxylation sites is 1. The van der Waals surface area contributed by atoms with E-state index in [0.717, 1.165) is 21.9 Å². The van der Waals surface area contributed by atoms with Gasteiger partial charge in [-0.2, -0.15) is 0 Å². The third-order valence-electron chi connectivity index (χ3n) is 3.40. The fourth-order valence-electron chi connectivity index (χ4n) is 2.40.